The normalized spacial score (nSPS) is 22.4. The topological polar surface area (TPSA) is 128 Å². The van der Waals surface area contributed by atoms with Gasteiger partial charge in [0.05, 0.1) is 23.9 Å². The predicted molar refractivity (Wildman–Crippen MR) is 147 cm³/mol. The van der Waals surface area contributed by atoms with Crippen LogP contribution in [0.1, 0.15) is 41.3 Å². The molecule has 2 aromatic carbocycles. The minimum absolute atomic E-state index is 0.104. The zero-order valence-electron chi connectivity index (χ0n) is 22.0. The Kier molecular flexibility index (Phi) is 6.26. The molecule has 3 heterocycles. The summed E-state index contributed by atoms with van der Waals surface area (Å²) in [5, 5.41) is 28.2. The molecule has 1 aliphatic carbocycles. The summed E-state index contributed by atoms with van der Waals surface area (Å²) in [5.41, 5.74) is 3.57. The fourth-order valence-corrected chi connectivity index (χ4v) is 6.15. The largest absolute Gasteiger partial charge is 0.481 e. The predicted octanol–water partition coefficient (Wildman–Crippen LogP) is 4.11. The lowest BCUT2D eigenvalue weighted by molar-refractivity contribution is -0.140. The lowest BCUT2D eigenvalue weighted by Crippen LogP contribution is -2.57. The van der Waals surface area contributed by atoms with Gasteiger partial charge in [0, 0.05) is 60.6 Å². The number of carboxylic acids is 3. The summed E-state index contributed by atoms with van der Waals surface area (Å²) >= 11 is 0. The molecule has 2 aromatic rings. The summed E-state index contributed by atoms with van der Waals surface area (Å²) in [5.74, 6) is -1.17. The van der Waals surface area contributed by atoms with Crippen molar-refractivity contribution in [2.75, 3.05) is 31.1 Å². The van der Waals surface area contributed by atoms with Crippen LogP contribution in [0.3, 0.4) is 0 Å². The van der Waals surface area contributed by atoms with Crippen molar-refractivity contribution in [2.24, 2.45) is 11.8 Å². The molecule has 0 aromatic heterocycles. The van der Waals surface area contributed by atoms with E-state index in [1.165, 1.54) is 0 Å². The smallest absolute Gasteiger partial charge is 0.336 e. The van der Waals surface area contributed by atoms with E-state index < -0.39 is 23.4 Å². The Morgan fingerprint density at radius 1 is 0.925 bits per heavy atom. The van der Waals surface area contributed by atoms with E-state index in [-0.39, 0.29) is 30.2 Å². The SMILES string of the molecule is CC1(N2CC(CC(=O)O)C2)C=CC2=C(c3ccccc3C(=O)O)c3ccc(N4CC(CC(=O)O)C4)cc3OC2=C1. The van der Waals surface area contributed by atoms with Gasteiger partial charge in [0.1, 0.15) is 11.5 Å². The summed E-state index contributed by atoms with van der Waals surface area (Å²) in [6.07, 6.45) is 6.37. The van der Waals surface area contributed by atoms with Crippen LogP contribution in [0.2, 0.25) is 0 Å². The summed E-state index contributed by atoms with van der Waals surface area (Å²) < 4.78 is 6.51. The van der Waals surface area contributed by atoms with Gasteiger partial charge in [-0.3, -0.25) is 14.5 Å². The molecule has 0 amide bonds. The van der Waals surface area contributed by atoms with Gasteiger partial charge < -0.3 is 25.0 Å². The van der Waals surface area contributed by atoms with E-state index in [9.17, 15) is 19.5 Å². The Hall–Kier alpha value is -4.37. The van der Waals surface area contributed by atoms with Crippen LogP contribution in [0.5, 0.6) is 5.75 Å². The van der Waals surface area contributed by atoms with Gasteiger partial charge in [0.15, 0.2) is 0 Å². The summed E-state index contributed by atoms with van der Waals surface area (Å²) in [6.45, 7) is 4.69. The lowest BCUT2D eigenvalue weighted by atomic mass is 9.80. The minimum atomic E-state index is -1.02. The average Bonchev–Trinajstić information content (AvgIpc) is 2.85. The molecule has 9 nitrogen and oxygen atoms in total. The molecule has 0 spiro atoms. The van der Waals surface area contributed by atoms with E-state index in [1.807, 2.05) is 42.5 Å². The first-order valence-corrected chi connectivity index (χ1v) is 13.4. The molecule has 3 N–H and O–H groups in total. The zero-order chi connectivity index (χ0) is 28.2. The second-order valence-electron chi connectivity index (χ2n) is 11.2. The quantitative estimate of drug-likeness (QED) is 0.452. The highest BCUT2D eigenvalue weighted by atomic mass is 16.5. The van der Waals surface area contributed by atoms with Crippen LogP contribution in [-0.4, -0.2) is 69.8 Å². The van der Waals surface area contributed by atoms with Crippen LogP contribution in [0.4, 0.5) is 5.69 Å². The first-order valence-electron chi connectivity index (χ1n) is 13.4. The number of allylic oxidation sites excluding steroid dienone is 1. The van der Waals surface area contributed by atoms with Gasteiger partial charge in [-0.05, 0) is 42.7 Å². The second-order valence-corrected chi connectivity index (χ2v) is 11.2. The van der Waals surface area contributed by atoms with Gasteiger partial charge >= 0.3 is 17.9 Å². The van der Waals surface area contributed by atoms with Crippen molar-refractivity contribution >= 4 is 29.2 Å². The van der Waals surface area contributed by atoms with Crippen LogP contribution < -0.4 is 9.64 Å². The number of benzene rings is 2. The van der Waals surface area contributed by atoms with Gasteiger partial charge in [-0.1, -0.05) is 30.4 Å². The third kappa shape index (κ3) is 4.56. The highest BCUT2D eigenvalue weighted by Crippen LogP contribution is 2.47. The molecular formula is C31H30N2O7. The summed E-state index contributed by atoms with van der Waals surface area (Å²) in [6, 6.07) is 12.8. The van der Waals surface area contributed by atoms with Crippen molar-refractivity contribution in [3.05, 3.63) is 88.7 Å². The minimum Gasteiger partial charge on any atom is -0.481 e. The van der Waals surface area contributed by atoms with Crippen molar-refractivity contribution in [3.63, 3.8) is 0 Å². The van der Waals surface area contributed by atoms with Crippen molar-refractivity contribution in [2.45, 2.75) is 25.3 Å². The van der Waals surface area contributed by atoms with E-state index in [2.05, 4.69) is 22.8 Å². The highest BCUT2D eigenvalue weighted by Gasteiger charge is 2.42. The lowest BCUT2D eigenvalue weighted by Gasteiger charge is -2.49. The van der Waals surface area contributed by atoms with Crippen LogP contribution in [0.25, 0.3) is 5.57 Å². The number of carboxylic acid groups (broad SMARTS) is 3. The van der Waals surface area contributed by atoms with Crippen LogP contribution in [0.15, 0.2) is 72.0 Å². The van der Waals surface area contributed by atoms with Gasteiger partial charge in [-0.25, -0.2) is 4.79 Å². The third-order valence-corrected chi connectivity index (χ3v) is 8.31. The van der Waals surface area contributed by atoms with Gasteiger partial charge in [0.25, 0.3) is 0 Å². The van der Waals surface area contributed by atoms with Gasteiger partial charge in [-0.15, -0.1) is 0 Å². The molecule has 40 heavy (non-hydrogen) atoms. The number of ether oxygens (including phenoxy) is 1. The van der Waals surface area contributed by atoms with Crippen LogP contribution >= 0.6 is 0 Å². The number of hydrogen-bond acceptors (Lipinski definition) is 6. The van der Waals surface area contributed by atoms with E-state index >= 15 is 0 Å². The zero-order valence-corrected chi connectivity index (χ0v) is 22.0. The Bertz CT molecular complexity index is 1510. The van der Waals surface area contributed by atoms with E-state index in [4.69, 9.17) is 14.9 Å². The maximum Gasteiger partial charge on any atom is 0.336 e. The fraction of sp³-hybridized carbons (Fsp3) is 0.323. The Balaban J connectivity index is 1.39. The molecular weight excluding hydrogens is 512 g/mol. The number of aliphatic carboxylic acids is 2. The Labute approximate surface area is 231 Å². The molecule has 6 rings (SSSR count). The monoisotopic (exact) mass is 542 g/mol. The standard InChI is InChI=1S/C31H30N2O7/c1-31(33-16-19(17-33)11-28(36)37)9-8-24-26(13-31)40-25-12-20(32-14-18(15-32)10-27(34)35)6-7-23(25)29(24)21-4-2-3-5-22(21)30(38)39/h2-9,12-13,18-19H,10-11,14-17H2,1H3,(H,34,35)(H,36,37)(H,38,39). The highest BCUT2D eigenvalue weighted by molar-refractivity contribution is 6.00. The van der Waals surface area contributed by atoms with Crippen LogP contribution in [0, 0.1) is 11.8 Å². The molecule has 206 valence electrons. The molecule has 2 saturated heterocycles. The summed E-state index contributed by atoms with van der Waals surface area (Å²) in [4.78, 5) is 38.7. The number of anilines is 1. The molecule has 4 aliphatic rings. The maximum atomic E-state index is 12.2. The average molecular weight is 543 g/mol. The first kappa shape index (κ1) is 25.9. The number of nitrogens with zero attached hydrogens (tertiary/aromatic N) is 2. The number of hydrogen-bond donors (Lipinski definition) is 3. The molecule has 0 saturated carbocycles. The number of fused-ring (bicyclic) bond motifs is 2. The van der Waals surface area contributed by atoms with E-state index in [0.29, 0.717) is 43.3 Å². The van der Waals surface area contributed by atoms with E-state index in [1.54, 1.807) is 12.1 Å². The van der Waals surface area contributed by atoms with E-state index in [0.717, 1.165) is 22.4 Å². The maximum absolute atomic E-state index is 12.2. The van der Waals surface area contributed by atoms with Crippen molar-refractivity contribution in [1.29, 1.82) is 0 Å². The molecule has 3 aliphatic heterocycles. The molecule has 2 fully saturated rings. The number of rotatable bonds is 8. The summed E-state index contributed by atoms with van der Waals surface area (Å²) in [7, 11) is 0. The fourth-order valence-electron chi connectivity index (χ4n) is 6.15. The molecule has 1 atom stereocenters. The third-order valence-electron chi connectivity index (χ3n) is 8.31. The van der Waals surface area contributed by atoms with Crippen molar-refractivity contribution in [1.82, 2.24) is 4.90 Å². The van der Waals surface area contributed by atoms with Crippen molar-refractivity contribution < 1.29 is 34.4 Å². The molecule has 0 bridgehead atoms. The molecule has 9 heteroatoms. The number of carbonyl (C=O) groups is 3. The first-order chi connectivity index (χ1) is 19.1. The molecule has 1 unspecified atom stereocenters. The van der Waals surface area contributed by atoms with Gasteiger partial charge in [0.2, 0.25) is 0 Å². The Morgan fingerprint density at radius 3 is 2.27 bits per heavy atom. The second kappa shape index (κ2) is 9.67. The number of aromatic carboxylic acids is 1. The number of likely N-dealkylation sites (tertiary alicyclic amines) is 1. The van der Waals surface area contributed by atoms with Gasteiger partial charge in [-0.2, -0.15) is 0 Å². The molecule has 0 radical (unpaired) electrons. The van der Waals surface area contributed by atoms with Crippen LogP contribution in [-0.2, 0) is 9.59 Å². The van der Waals surface area contributed by atoms with Crippen molar-refractivity contribution in [3.8, 4) is 5.75 Å². The Morgan fingerprint density at radius 2 is 1.60 bits per heavy atom.